The van der Waals surface area contributed by atoms with Gasteiger partial charge in [0.15, 0.2) is 11.5 Å². The van der Waals surface area contributed by atoms with Crippen LogP contribution in [0.5, 0.6) is 17.5 Å². The molecule has 4 rings (SSSR count). The van der Waals surface area contributed by atoms with E-state index in [0.717, 1.165) is 11.1 Å². The zero-order chi connectivity index (χ0) is 18.1. The molecule has 0 amide bonds. The summed E-state index contributed by atoms with van der Waals surface area (Å²) in [6, 6.07) is 5.71. The molecule has 0 N–H and O–H groups in total. The van der Waals surface area contributed by atoms with Crippen molar-refractivity contribution in [3.63, 3.8) is 0 Å². The van der Waals surface area contributed by atoms with E-state index in [9.17, 15) is 0 Å². The highest BCUT2D eigenvalue weighted by Crippen LogP contribution is 2.32. The zero-order valence-corrected chi connectivity index (χ0v) is 14.3. The molecular formula is C17H15N5O4. The Morgan fingerprint density at radius 1 is 0.846 bits per heavy atom. The first-order valence-corrected chi connectivity index (χ1v) is 7.67. The molecule has 0 spiro atoms. The van der Waals surface area contributed by atoms with Crippen LogP contribution in [0.1, 0.15) is 0 Å². The predicted octanol–water partition coefficient (Wildman–Crippen LogP) is 2.47. The molecule has 0 atom stereocenters. The molecule has 0 bridgehead atoms. The van der Waals surface area contributed by atoms with Crippen LogP contribution < -0.4 is 14.2 Å². The number of methoxy groups -OCH3 is 3. The van der Waals surface area contributed by atoms with Crippen LogP contribution in [0.3, 0.4) is 0 Å². The number of hydrogen-bond acceptors (Lipinski definition) is 8. The highest BCUT2D eigenvalue weighted by molar-refractivity contribution is 5.63. The van der Waals surface area contributed by atoms with E-state index in [0.29, 0.717) is 34.9 Å². The smallest absolute Gasteiger partial charge is 0.325 e. The van der Waals surface area contributed by atoms with Gasteiger partial charge in [-0.15, -0.1) is 5.10 Å². The summed E-state index contributed by atoms with van der Waals surface area (Å²) in [6.45, 7) is 0. The molecule has 9 nitrogen and oxygen atoms in total. The second kappa shape index (κ2) is 6.36. The maximum absolute atomic E-state index is 5.75. The Labute approximate surface area is 148 Å². The van der Waals surface area contributed by atoms with Crippen molar-refractivity contribution >= 4 is 5.84 Å². The van der Waals surface area contributed by atoms with E-state index >= 15 is 0 Å². The number of benzene rings is 1. The molecule has 3 heterocycles. The standard InChI is InChI=1S/C17H15N5O4/c1-23-13-5-4-10(6-14(13)24-2)15-21-22-12(9-20-17(22)26-15)11-7-18-16(25-3)19-8-11/h4-9H,1-3H3. The van der Waals surface area contributed by atoms with Crippen molar-refractivity contribution in [2.75, 3.05) is 21.3 Å². The van der Waals surface area contributed by atoms with E-state index in [-0.39, 0.29) is 0 Å². The molecular weight excluding hydrogens is 338 g/mol. The number of aromatic nitrogens is 5. The van der Waals surface area contributed by atoms with E-state index in [2.05, 4.69) is 20.1 Å². The van der Waals surface area contributed by atoms with Crippen LogP contribution >= 0.6 is 0 Å². The third-order valence-corrected chi connectivity index (χ3v) is 3.82. The second-order valence-corrected chi connectivity index (χ2v) is 5.27. The number of rotatable bonds is 5. The highest BCUT2D eigenvalue weighted by Gasteiger charge is 2.16. The molecule has 0 fully saturated rings. The van der Waals surface area contributed by atoms with Crippen molar-refractivity contribution in [1.29, 1.82) is 0 Å². The van der Waals surface area contributed by atoms with Crippen LogP contribution in [0.4, 0.5) is 0 Å². The van der Waals surface area contributed by atoms with Crippen molar-refractivity contribution in [2.24, 2.45) is 0 Å². The quantitative estimate of drug-likeness (QED) is 0.540. The summed E-state index contributed by atoms with van der Waals surface area (Å²) in [5.41, 5.74) is 2.19. The lowest BCUT2D eigenvalue weighted by Gasteiger charge is -2.07. The fourth-order valence-electron chi connectivity index (χ4n) is 2.53. The van der Waals surface area contributed by atoms with E-state index in [1.165, 1.54) is 7.11 Å². The van der Waals surface area contributed by atoms with Crippen molar-refractivity contribution in [3.05, 3.63) is 36.8 Å². The van der Waals surface area contributed by atoms with Crippen molar-refractivity contribution in [2.45, 2.75) is 0 Å². The van der Waals surface area contributed by atoms with Gasteiger partial charge < -0.3 is 18.6 Å². The van der Waals surface area contributed by atoms with Gasteiger partial charge in [0.2, 0.25) is 5.89 Å². The minimum atomic E-state index is 0.292. The van der Waals surface area contributed by atoms with Gasteiger partial charge in [-0.25, -0.2) is 15.0 Å². The summed E-state index contributed by atoms with van der Waals surface area (Å²) in [5, 5.41) is 4.50. The molecule has 9 heteroatoms. The molecule has 0 aliphatic carbocycles. The number of imidazole rings is 1. The molecule has 0 radical (unpaired) electrons. The van der Waals surface area contributed by atoms with E-state index in [4.69, 9.17) is 18.6 Å². The maximum atomic E-state index is 5.75. The Bertz CT molecular complexity index is 1050. The first-order valence-electron chi connectivity index (χ1n) is 7.67. The number of ether oxygens (including phenoxy) is 3. The van der Waals surface area contributed by atoms with Crippen LogP contribution in [0.2, 0.25) is 0 Å². The van der Waals surface area contributed by atoms with Crippen molar-refractivity contribution < 1.29 is 18.6 Å². The largest absolute Gasteiger partial charge is 0.493 e. The molecule has 132 valence electrons. The Hall–Kier alpha value is -3.62. The lowest BCUT2D eigenvalue weighted by atomic mass is 10.2. The fraction of sp³-hybridized carbons (Fsp3) is 0.176. The average molecular weight is 353 g/mol. The number of fused-ring (bicyclic) bond motifs is 1. The molecule has 0 aliphatic heterocycles. The summed E-state index contributed by atoms with van der Waals surface area (Å²) in [6.07, 6.45) is 4.93. The van der Waals surface area contributed by atoms with Gasteiger partial charge in [-0.05, 0) is 18.2 Å². The molecule has 3 aromatic heterocycles. The normalized spacial score (nSPS) is 10.9. The summed E-state index contributed by atoms with van der Waals surface area (Å²) in [4.78, 5) is 12.5. The van der Waals surface area contributed by atoms with Crippen LogP contribution in [0, 0.1) is 0 Å². The summed E-state index contributed by atoms with van der Waals surface area (Å²) in [5.74, 6) is 1.98. The van der Waals surface area contributed by atoms with Crippen LogP contribution in [-0.2, 0) is 0 Å². The Kier molecular flexibility index (Phi) is 3.88. The van der Waals surface area contributed by atoms with Gasteiger partial charge in [0.05, 0.1) is 33.2 Å². The van der Waals surface area contributed by atoms with Gasteiger partial charge in [-0.2, -0.15) is 4.52 Å². The Balaban J connectivity index is 1.76. The van der Waals surface area contributed by atoms with Gasteiger partial charge in [0.25, 0.3) is 0 Å². The van der Waals surface area contributed by atoms with Crippen LogP contribution in [0.25, 0.3) is 28.6 Å². The van der Waals surface area contributed by atoms with Crippen molar-refractivity contribution in [1.82, 2.24) is 24.6 Å². The third-order valence-electron chi connectivity index (χ3n) is 3.82. The Morgan fingerprint density at radius 3 is 2.31 bits per heavy atom. The van der Waals surface area contributed by atoms with Crippen LogP contribution in [-0.4, -0.2) is 45.9 Å². The highest BCUT2D eigenvalue weighted by atomic mass is 16.5. The molecule has 4 aromatic rings. The van der Waals surface area contributed by atoms with Crippen molar-refractivity contribution in [3.8, 4) is 40.2 Å². The van der Waals surface area contributed by atoms with Gasteiger partial charge in [0, 0.05) is 23.5 Å². The SMILES string of the molecule is COc1ncc(-c2cnc3oc(-c4ccc(OC)c(OC)c4)nn23)cn1. The lowest BCUT2D eigenvalue weighted by molar-refractivity contribution is 0.355. The monoisotopic (exact) mass is 353 g/mol. The van der Waals surface area contributed by atoms with Gasteiger partial charge in [-0.3, -0.25) is 0 Å². The second-order valence-electron chi connectivity index (χ2n) is 5.27. The lowest BCUT2D eigenvalue weighted by Crippen LogP contribution is -1.94. The first-order chi connectivity index (χ1) is 12.7. The van der Waals surface area contributed by atoms with E-state index in [1.54, 1.807) is 49.5 Å². The van der Waals surface area contributed by atoms with E-state index < -0.39 is 0 Å². The minimum Gasteiger partial charge on any atom is -0.493 e. The number of nitrogens with zero attached hydrogens (tertiary/aromatic N) is 5. The first kappa shape index (κ1) is 15.9. The molecule has 0 unspecified atom stereocenters. The van der Waals surface area contributed by atoms with Gasteiger partial charge in [-0.1, -0.05) is 0 Å². The molecule has 0 saturated carbocycles. The maximum Gasteiger partial charge on any atom is 0.325 e. The average Bonchev–Trinajstić information content (AvgIpc) is 3.28. The minimum absolute atomic E-state index is 0.292. The number of hydrogen-bond donors (Lipinski definition) is 0. The topological polar surface area (TPSA) is 96.8 Å². The predicted molar refractivity (Wildman–Crippen MR) is 91.4 cm³/mol. The van der Waals surface area contributed by atoms with Gasteiger partial charge in [0.1, 0.15) is 0 Å². The third kappa shape index (κ3) is 2.59. The molecule has 0 saturated heterocycles. The van der Waals surface area contributed by atoms with Crippen LogP contribution in [0.15, 0.2) is 41.2 Å². The van der Waals surface area contributed by atoms with Gasteiger partial charge >= 0.3 is 11.9 Å². The molecule has 26 heavy (non-hydrogen) atoms. The fourth-order valence-corrected chi connectivity index (χ4v) is 2.53. The summed E-state index contributed by atoms with van der Waals surface area (Å²) >= 11 is 0. The molecule has 1 aromatic carbocycles. The summed E-state index contributed by atoms with van der Waals surface area (Å²) in [7, 11) is 4.67. The Morgan fingerprint density at radius 2 is 1.62 bits per heavy atom. The molecule has 0 aliphatic rings. The summed E-state index contributed by atoms with van der Waals surface area (Å²) < 4.78 is 22.9. The van der Waals surface area contributed by atoms with E-state index in [1.807, 2.05) is 6.07 Å². The zero-order valence-electron chi connectivity index (χ0n) is 14.3.